The van der Waals surface area contributed by atoms with Gasteiger partial charge in [0, 0.05) is 24.4 Å². The van der Waals surface area contributed by atoms with E-state index in [1.165, 1.54) is 0 Å². The van der Waals surface area contributed by atoms with E-state index < -0.39 is 6.04 Å². The number of amides is 2. The molecular weight excluding hydrogens is 488 g/mol. The Balaban J connectivity index is 1.66. The quantitative estimate of drug-likeness (QED) is 0.255. The van der Waals surface area contributed by atoms with Gasteiger partial charge in [0.05, 0.1) is 7.11 Å². The first-order chi connectivity index (χ1) is 19.0. The van der Waals surface area contributed by atoms with Crippen LogP contribution in [0.4, 0.5) is 0 Å². The normalized spacial score (nSPS) is 12.4. The van der Waals surface area contributed by atoms with E-state index in [-0.39, 0.29) is 31.0 Å². The Kier molecular flexibility index (Phi) is 9.57. The smallest absolute Gasteiger partial charge is 0.261 e. The first-order valence-corrected chi connectivity index (χ1v) is 13.4. The molecule has 4 aromatic rings. The molecule has 0 radical (unpaired) electrons. The minimum Gasteiger partial charge on any atom is -0.497 e. The van der Waals surface area contributed by atoms with Gasteiger partial charge in [0.25, 0.3) is 5.91 Å². The largest absolute Gasteiger partial charge is 0.497 e. The lowest BCUT2D eigenvalue weighted by Crippen LogP contribution is -2.53. The molecule has 2 amide bonds. The van der Waals surface area contributed by atoms with Gasteiger partial charge in [0.15, 0.2) is 6.61 Å². The average Bonchev–Trinajstić information content (AvgIpc) is 2.98. The number of methoxy groups -OCH3 is 1. The average molecular weight is 525 g/mol. The molecule has 0 aliphatic rings. The number of benzene rings is 4. The van der Waals surface area contributed by atoms with Gasteiger partial charge >= 0.3 is 0 Å². The van der Waals surface area contributed by atoms with Gasteiger partial charge in [0.1, 0.15) is 17.5 Å². The van der Waals surface area contributed by atoms with Crippen molar-refractivity contribution in [3.8, 4) is 11.5 Å². The highest BCUT2D eigenvalue weighted by molar-refractivity contribution is 5.90. The molecule has 0 fully saturated rings. The molecular formula is C33H36N2O4. The van der Waals surface area contributed by atoms with Crippen LogP contribution in [0, 0.1) is 0 Å². The molecule has 202 valence electrons. The predicted octanol–water partition coefficient (Wildman–Crippen LogP) is 5.78. The molecule has 2 unspecified atom stereocenters. The number of nitrogens with zero attached hydrogens (tertiary/aromatic N) is 1. The van der Waals surface area contributed by atoms with Crippen molar-refractivity contribution in [2.24, 2.45) is 0 Å². The second-order valence-electron chi connectivity index (χ2n) is 9.66. The molecule has 0 aliphatic carbocycles. The predicted molar refractivity (Wildman–Crippen MR) is 155 cm³/mol. The Hall–Kier alpha value is -4.32. The van der Waals surface area contributed by atoms with Crippen LogP contribution < -0.4 is 14.8 Å². The van der Waals surface area contributed by atoms with Crippen molar-refractivity contribution in [3.63, 3.8) is 0 Å². The van der Waals surface area contributed by atoms with Crippen LogP contribution in [0.25, 0.3) is 10.8 Å². The molecule has 0 bridgehead atoms. The van der Waals surface area contributed by atoms with E-state index in [9.17, 15) is 9.59 Å². The summed E-state index contributed by atoms with van der Waals surface area (Å²) in [6, 6.07) is 30.3. The van der Waals surface area contributed by atoms with E-state index in [0.29, 0.717) is 17.9 Å². The number of ether oxygens (including phenoxy) is 2. The summed E-state index contributed by atoms with van der Waals surface area (Å²) in [5, 5.41) is 5.06. The van der Waals surface area contributed by atoms with Crippen molar-refractivity contribution in [3.05, 3.63) is 108 Å². The number of carbonyl (C=O) groups is 2. The second kappa shape index (κ2) is 13.5. The molecule has 4 rings (SSSR count). The summed E-state index contributed by atoms with van der Waals surface area (Å²) in [4.78, 5) is 29.2. The molecule has 2 atom stereocenters. The number of nitrogens with one attached hydrogen (secondary N) is 1. The third-order valence-electron chi connectivity index (χ3n) is 6.86. The lowest BCUT2D eigenvalue weighted by atomic mass is 10.0. The van der Waals surface area contributed by atoms with Crippen LogP contribution in [-0.2, 0) is 22.6 Å². The van der Waals surface area contributed by atoms with Gasteiger partial charge in [-0.25, -0.2) is 0 Å². The van der Waals surface area contributed by atoms with E-state index in [1.54, 1.807) is 12.0 Å². The molecule has 0 aliphatic heterocycles. The van der Waals surface area contributed by atoms with Crippen molar-refractivity contribution >= 4 is 22.6 Å². The van der Waals surface area contributed by atoms with Crippen molar-refractivity contribution < 1.29 is 19.1 Å². The Morgan fingerprint density at radius 1 is 0.872 bits per heavy atom. The highest BCUT2D eigenvalue weighted by Crippen LogP contribution is 2.26. The third kappa shape index (κ3) is 7.38. The molecule has 0 saturated carbocycles. The minimum absolute atomic E-state index is 0.0172. The van der Waals surface area contributed by atoms with Crippen molar-refractivity contribution in [1.82, 2.24) is 10.2 Å². The van der Waals surface area contributed by atoms with Crippen molar-refractivity contribution in [2.45, 2.75) is 45.3 Å². The fourth-order valence-electron chi connectivity index (χ4n) is 4.51. The topological polar surface area (TPSA) is 67.9 Å². The lowest BCUT2D eigenvalue weighted by molar-refractivity contribution is -0.143. The summed E-state index contributed by atoms with van der Waals surface area (Å²) < 4.78 is 11.5. The van der Waals surface area contributed by atoms with E-state index >= 15 is 0 Å². The maximum Gasteiger partial charge on any atom is 0.261 e. The van der Waals surface area contributed by atoms with Crippen LogP contribution in [0.2, 0.25) is 0 Å². The summed E-state index contributed by atoms with van der Waals surface area (Å²) >= 11 is 0. The van der Waals surface area contributed by atoms with Gasteiger partial charge in [-0.2, -0.15) is 0 Å². The number of carbonyl (C=O) groups excluding carboxylic acids is 2. The second-order valence-corrected chi connectivity index (χ2v) is 9.66. The van der Waals surface area contributed by atoms with Gasteiger partial charge in [-0.05, 0) is 48.1 Å². The number of hydrogen-bond donors (Lipinski definition) is 1. The molecule has 39 heavy (non-hydrogen) atoms. The fraction of sp³-hybridized carbons (Fsp3) is 0.273. The molecule has 6 heteroatoms. The van der Waals surface area contributed by atoms with Gasteiger partial charge in [-0.15, -0.1) is 0 Å². The summed E-state index contributed by atoms with van der Waals surface area (Å²) in [6.07, 6.45) is 1.17. The zero-order valence-electron chi connectivity index (χ0n) is 22.8. The molecule has 1 N–H and O–H groups in total. The summed E-state index contributed by atoms with van der Waals surface area (Å²) in [7, 11) is 1.61. The molecule has 0 heterocycles. The van der Waals surface area contributed by atoms with Crippen molar-refractivity contribution in [2.75, 3.05) is 13.7 Å². The summed E-state index contributed by atoms with van der Waals surface area (Å²) in [6.45, 7) is 4.03. The number of hydrogen-bond acceptors (Lipinski definition) is 4. The van der Waals surface area contributed by atoms with Crippen LogP contribution in [0.5, 0.6) is 11.5 Å². The molecule has 4 aromatic carbocycles. The van der Waals surface area contributed by atoms with Gasteiger partial charge in [-0.3, -0.25) is 9.59 Å². The first-order valence-electron chi connectivity index (χ1n) is 13.4. The zero-order valence-corrected chi connectivity index (χ0v) is 22.8. The minimum atomic E-state index is -0.726. The summed E-state index contributed by atoms with van der Waals surface area (Å²) in [5.41, 5.74) is 1.84. The highest BCUT2D eigenvalue weighted by atomic mass is 16.5. The van der Waals surface area contributed by atoms with Crippen LogP contribution in [0.1, 0.15) is 31.4 Å². The molecule has 0 aromatic heterocycles. The van der Waals surface area contributed by atoms with E-state index in [1.807, 2.05) is 111 Å². The monoisotopic (exact) mass is 524 g/mol. The van der Waals surface area contributed by atoms with Crippen molar-refractivity contribution in [1.29, 1.82) is 0 Å². The standard InChI is InChI=1S/C33H36N2O4/c1-4-24(2)34-33(37)30(21-25-12-6-5-7-13-25)35(22-26-14-10-17-28(20-26)38-3)32(36)23-39-31-19-11-16-27-15-8-9-18-29(27)31/h5-20,24,30H,4,21-23H2,1-3H3,(H,34,37). The molecule has 0 spiro atoms. The van der Waals surface area contributed by atoms with Gasteiger partial charge < -0.3 is 19.7 Å². The first kappa shape index (κ1) is 27.7. The van der Waals surface area contributed by atoms with Crippen LogP contribution in [0.15, 0.2) is 97.1 Å². The lowest BCUT2D eigenvalue weighted by Gasteiger charge is -2.32. The summed E-state index contributed by atoms with van der Waals surface area (Å²) in [5.74, 6) is 0.864. The Morgan fingerprint density at radius 3 is 2.33 bits per heavy atom. The van der Waals surface area contributed by atoms with Gasteiger partial charge in [-0.1, -0.05) is 85.8 Å². The molecule has 0 saturated heterocycles. The highest BCUT2D eigenvalue weighted by Gasteiger charge is 2.31. The third-order valence-corrected chi connectivity index (χ3v) is 6.86. The maximum atomic E-state index is 13.9. The van der Waals surface area contributed by atoms with Crippen LogP contribution in [-0.4, -0.2) is 42.5 Å². The van der Waals surface area contributed by atoms with Crippen LogP contribution >= 0.6 is 0 Å². The fourth-order valence-corrected chi connectivity index (χ4v) is 4.51. The zero-order chi connectivity index (χ0) is 27.6. The van der Waals surface area contributed by atoms with E-state index in [0.717, 1.165) is 28.3 Å². The Morgan fingerprint density at radius 2 is 1.56 bits per heavy atom. The Labute approximate surface area is 230 Å². The van der Waals surface area contributed by atoms with E-state index in [4.69, 9.17) is 9.47 Å². The molecule has 6 nitrogen and oxygen atoms in total. The van der Waals surface area contributed by atoms with Gasteiger partial charge in [0.2, 0.25) is 5.91 Å². The SMILES string of the molecule is CCC(C)NC(=O)C(Cc1ccccc1)N(Cc1cccc(OC)c1)C(=O)COc1cccc2ccccc12. The number of fused-ring (bicyclic) bond motifs is 1. The van der Waals surface area contributed by atoms with Crippen LogP contribution in [0.3, 0.4) is 0 Å². The van der Waals surface area contributed by atoms with E-state index in [2.05, 4.69) is 5.32 Å². The Bertz CT molecular complexity index is 1380. The maximum absolute atomic E-state index is 13.9. The number of rotatable bonds is 12.